The number of nitrogens with one attached hydrogen (secondary N) is 2. The summed E-state index contributed by atoms with van der Waals surface area (Å²) in [4.78, 5) is 0.922. The third-order valence-corrected chi connectivity index (χ3v) is 5.85. The van der Waals surface area contributed by atoms with E-state index < -0.39 is 10.0 Å². The molecular formula is C13H14Cl2N2O2S2. The van der Waals surface area contributed by atoms with Gasteiger partial charge in [-0.15, -0.1) is 11.3 Å². The largest absolute Gasteiger partial charge is 0.316 e. The summed E-state index contributed by atoms with van der Waals surface area (Å²) in [5.41, 5.74) is 0.849. The lowest BCUT2D eigenvalue weighted by Crippen LogP contribution is -2.23. The van der Waals surface area contributed by atoms with Crippen LogP contribution in [-0.4, -0.2) is 15.5 Å². The molecule has 8 heteroatoms. The predicted molar refractivity (Wildman–Crippen MR) is 87.6 cm³/mol. The van der Waals surface area contributed by atoms with Gasteiger partial charge in [-0.05, 0) is 36.9 Å². The lowest BCUT2D eigenvalue weighted by molar-refractivity contribution is 0.581. The topological polar surface area (TPSA) is 58.2 Å². The van der Waals surface area contributed by atoms with Gasteiger partial charge in [0, 0.05) is 18.0 Å². The molecule has 0 fully saturated rings. The number of hydrogen-bond donors (Lipinski definition) is 2. The van der Waals surface area contributed by atoms with Crippen molar-refractivity contribution in [2.45, 2.75) is 18.0 Å². The molecule has 0 amide bonds. The maximum absolute atomic E-state index is 12.3. The second-order valence-electron chi connectivity index (χ2n) is 4.33. The number of thiophene rings is 1. The Bertz CT molecular complexity index is 730. The molecule has 1 aromatic carbocycles. The van der Waals surface area contributed by atoms with Crippen molar-refractivity contribution in [2.75, 3.05) is 7.05 Å². The van der Waals surface area contributed by atoms with Crippen LogP contribution in [0.5, 0.6) is 0 Å². The minimum atomic E-state index is -3.67. The molecule has 0 spiro atoms. The first-order chi connectivity index (χ1) is 9.92. The van der Waals surface area contributed by atoms with Crippen molar-refractivity contribution in [3.05, 3.63) is 50.1 Å². The molecule has 2 rings (SSSR count). The Morgan fingerprint density at radius 3 is 2.52 bits per heavy atom. The molecule has 0 aliphatic rings. The van der Waals surface area contributed by atoms with Gasteiger partial charge in [-0.2, -0.15) is 0 Å². The Labute approximate surface area is 138 Å². The van der Waals surface area contributed by atoms with Gasteiger partial charge in [-0.25, -0.2) is 13.1 Å². The zero-order chi connectivity index (χ0) is 15.5. The Kier molecular flexibility index (Phi) is 5.65. The first-order valence-corrected chi connectivity index (χ1v) is 9.15. The molecule has 0 radical (unpaired) electrons. The number of hydrogen-bond acceptors (Lipinski definition) is 4. The van der Waals surface area contributed by atoms with E-state index in [0.29, 0.717) is 10.9 Å². The molecule has 2 N–H and O–H groups in total. The Morgan fingerprint density at radius 2 is 1.90 bits per heavy atom. The predicted octanol–water partition coefficient (Wildman–Crippen LogP) is 3.25. The fourth-order valence-electron chi connectivity index (χ4n) is 1.76. The lowest BCUT2D eigenvalue weighted by atomic mass is 10.2. The molecule has 0 aliphatic carbocycles. The summed E-state index contributed by atoms with van der Waals surface area (Å²) in [6, 6.07) is 8.47. The highest BCUT2D eigenvalue weighted by Gasteiger charge is 2.18. The SMILES string of the molecule is CNCc1ccc(Cl)c(S(=O)(=O)NCc2ccc(Cl)s2)c1. The van der Waals surface area contributed by atoms with Gasteiger partial charge >= 0.3 is 0 Å². The fourth-order valence-corrected chi connectivity index (χ4v) is 4.43. The van der Waals surface area contributed by atoms with Crippen molar-refractivity contribution in [1.82, 2.24) is 10.0 Å². The highest BCUT2D eigenvalue weighted by molar-refractivity contribution is 7.89. The number of benzene rings is 1. The average molecular weight is 365 g/mol. The minimum Gasteiger partial charge on any atom is -0.316 e. The van der Waals surface area contributed by atoms with E-state index in [1.54, 1.807) is 37.4 Å². The first-order valence-electron chi connectivity index (χ1n) is 6.09. The van der Waals surface area contributed by atoms with Crippen LogP contribution in [0.3, 0.4) is 0 Å². The van der Waals surface area contributed by atoms with Crippen molar-refractivity contribution in [1.29, 1.82) is 0 Å². The van der Waals surface area contributed by atoms with Crippen LogP contribution in [0.15, 0.2) is 35.2 Å². The first kappa shape index (κ1) is 16.7. The highest BCUT2D eigenvalue weighted by atomic mass is 35.5. The van der Waals surface area contributed by atoms with Crippen molar-refractivity contribution in [2.24, 2.45) is 0 Å². The summed E-state index contributed by atoms with van der Waals surface area (Å²) in [6.07, 6.45) is 0. The molecule has 0 unspecified atom stereocenters. The summed E-state index contributed by atoms with van der Waals surface area (Å²) in [5, 5.41) is 3.17. The molecule has 1 aromatic heterocycles. The van der Waals surface area contributed by atoms with Gasteiger partial charge in [0.1, 0.15) is 4.90 Å². The van der Waals surface area contributed by atoms with E-state index in [1.165, 1.54) is 11.3 Å². The van der Waals surface area contributed by atoms with E-state index in [2.05, 4.69) is 10.0 Å². The second-order valence-corrected chi connectivity index (χ2v) is 8.27. The highest BCUT2D eigenvalue weighted by Crippen LogP contribution is 2.24. The van der Waals surface area contributed by atoms with Crippen LogP contribution in [0.1, 0.15) is 10.4 Å². The molecule has 0 saturated carbocycles. The molecular weight excluding hydrogens is 351 g/mol. The van der Waals surface area contributed by atoms with Gasteiger partial charge in [-0.1, -0.05) is 29.3 Å². The Balaban J connectivity index is 2.20. The van der Waals surface area contributed by atoms with Gasteiger partial charge in [0.05, 0.1) is 9.36 Å². The van der Waals surface area contributed by atoms with E-state index in [4.69, 9.17) is 23.2 Å². The Hall–Kier alpha value is -0.630. The van der Waals surface area contributed by atoms with Crippen LogP contribution in [0.25, 0.3) is 0 Å². The third kappa shape index (κ3) is 4.42. The molecule has 0 bridgehead atoms. The lowest BCUT2D eigenvalue weighted by Gasteiger charge is -2.09. The van der Waals surface area contributed by atoms with Gasteiger partial charge < -0.3 is 5.32 Å². The van der Waals surface area contributed by atoms with E-state index in [0.717, 1.165) is 10.4 Å². The summed E-state index contributed by atoms with van der Waals surface area (Å²) < 4.78 is 27.8. The monoisotopic (exact) mass is 364 g/mol. The van der Waals surface area contributed by atoms with Crippen LogP contribution >= 0.6 is 34.5 Å². The van der Waals surface area contributed by atoms with Crippen molar-refractivity contribution < 1.29 is 8.42 Å². The van der Waals surface area contributed by atoms with Gasteiger partial charge in [0.25, 0.3) is 0 Å². The molecule has 0 aliphatic heterocycles. The molecule has 1 heterocycles. The number of rotatable bonds is 6. The third-order valence-electron chi connectivity index (χ3n) is 2.73. The molecule has 0 atom stereocenters. The van der Waals surface area contributed by atoms with E-state index in [1.807, 2.05) is 0 Å². The van der Waals surface area contributed by atoms with Crippen LogP contribution in [0, 0.1) is 0 Å². The van der Waals surface area contributed by atoms with Crippen molar-refractivity contribution in [3.63, 3.8) is 0 Å². The van der Waals surface area contributed by atoms with Gasteiger partial charge in [-0.3, -0.25) is 0 Å². The molecule has 21 heavy (non-hydrogen) atoms. The maximum Gasteiger partial charge on any atom is 0.242 e. The quantitative estimate of drug-likeness (QED) is 0.826. The Morgan fingerprint density at radius 1 is 1.14 bits per heavy atom. The van der Waals surface area contributed by atoms with Gasteiger partial charge in [0.2, 0.25) is 10.0 Å². The van der Waals surface area contributed by atoms with Crippen LogP contribution < -0.4 is 10.0 Å². The average Bonchev–Trinajstić information content (AvgIpc) is 2.85. The summed E-state index contributed by atoms with van der Waals surface area (Å²) in [5.74, 6) is 0. The van der Waals surface area contributed by atoms with Crippen LogP contribution in [0.2, 0.25) is 9.36 Å². The van der Waals surface area contributed by atoms with Crippen LogP contribution in [-0.2, 0) is 23.1 Å². The molecule has 2 aromatic rings. The minimum absolute atomic E-state index is 0.0829. The fraction of sp³-hybridized carbons (Fsp3) is 0.231. The van der Waals surface area contributed by atoms with E-state index in [9.17, 15) is 8.42 Å². The zero-order valence-corrected chi connectivity index (χ0v) is 14.3. The molecule has 114 valence electrons. The van der Waals surface area contributed by atoms with E-state index in [-0.39, 0.29) is 16.5 Å². The normalized spacial score (nSPS) is 11.8. The summed E-state index contributed by atoms with van der Waals surface area (Å²) >= 11 is 13.2. The number of halogens is 2. The summed E-state index contributed by atoms with van der Waals surface area (Å²) in [7, 11) is -1.87. The van der Waals surface area contributed by atoms with E-state index >= 15 is 0 Å². The zero-order valence-electron chi connectivity index (χ0n) is 11.2. The summed E-state index contributed by atoms with van der Waals surface area (Å²) in [6.45, 7) is 0.756. The van der Waals surface area contributed by atoms with Crippen LogP contribution in [0.4, 0.5) is 0 Å². The second kappa shape index (κ2) is 7.09. The standard InChI is InChI=1S/C13H14Cl2N2O2S2/c1-16-7-9-2-4-11(14)12(6-9)21(18,19)17-8-10-3-5-13(15)20-10/h2-6,16-17H,7-8H2,1H3. The maximum atomic E-state index is 12.3. The smallest absolute Gasteiger partial charge is 0.242 e. The number of sulfonamides is 1. The molecule has 4 nitrogen and oxygen atoms in total. The van der Waals surface area contributed by atoms with Gasteiger partial charge in [0.15, 0.2) is 0 Å². The van der Waals surface area contributed by atoms with Crippen molar-refractivity contribution >= 4 is 44.6 Å². The van der Waals surface area contributed by atoms with Crippen molar-refractivity contribution in [3.8, 4) is 0 Å². The molecule has 0 saturated heterocycles.